The SMILES string of the molecule is FCC(F)(F)OC1CCC(Cn2ccnn2)(c2ccc(Cl)cc2Cl)O1. The van der Waals surface area contributed by atoms with E-state index in [9.17, 15) is 13.2 Å². The molecule has 2 heterocycles. The van der Waals surface area contributed by atoms with Crippen molar-refractivity contribution in [3.05, 3.63) is 46.2 Å². The number of nitrogens with zero attached hydrogens (tertiary/aromatic N) is 3. The van der Waals surface area contributed by atoms with Gasteiger partial charge in [-0.05, 0) is 18.6 Å². The summed E-state index contributed by atoms with van der Waals surface area (Å²) in [6.07, 6.45) is -1.63. The molecule has 1 fully saturated rings. The maximum atomic E-state index is 13.2. The van der Waals surface area contributed by atoms with Crippen molar-refractivity contribution >= 4 is 23.2 Å². The van der Waals surface area contributed by atoms with Gasteiger partial charge in [-0.2, -0.15) is 8.78 Å². The zero-order valence-electron chi connectivity index (χ0n) is 12.8. The topological polar surface area (TPSA) is 49.2 Å². The van der Waals surface area contributed by atoms with Gasteiger partial charge in [0, 0.05) is 28.2 Å². The standard InChI is InChI=1S/C15H14Cl2F3N3O2/c16-10-1-2-11(12(17)7-10)14(9-23-6-5-21-22-23)4-3-13(24-14)25-15(19,20)8-18/h1-2,5-7,13H,3-4,8-9H2. The van der Waals surface area contributed by atoms with E-state index < -0.39 is 24.7 Å². The molecule has 2 atom stereocenters. The highest BCUT2D eigenvalue weighted by Crippen LogP contribution is 2.45. The Morgan fingerprint density at radius 3 is 2.84 bits per heavy atom. The third-order valence-electron chi connectivity index (χ3n) is 3.91. The summed E-state index contributed by atoms with van der Waals surface area (Å²) in [5, 5.41) is 8.36. The van der Waals surface area contributed by atoms with E-state index in [0.717, 1.165) is 0 Å². The van der Waals surface area contributed by atoms with Gasteiger partial charge in [0.1, 0.15) is 5.60 Å². The van der Waals surface area contributed by atoms with Gasteiger partial charge in [0.05, 0.1) is 12.7 Å². The second kappa shape index (κ2) is 7.11. The Labute approximate surface area is 151 Å². The third kappa shape index (κ3) is 4.08. The predicted molar refractivity (Wildman–Crippen MR) is 84.3 cm³/mol. The predicted octanol–water partition coefficient (Wildman–Crippen LogP) is 4.20. The van der Waals surface area contributed by atoms with E-state index in [-0.39, 0.29) is 13.0 Å². The number of aromatic nitrogens is 3. The van der Waals surface area contributed by atoms with Crippen LogP contribution < -0.4 is 0 Å². The molecule has 1 aliphatic rings. The van der Waals surface area contributed by atoms with Crippen molar-refractivity contribution in [3.8, 4) is 0 Å². The summed E-state index contributed by atoms with van der Waals surface area (Å²) in [6.45, 7) is -1.75. The van der Waals surface area contributed by atoms with Crippen molar-refractivity contribution in [2.24, 2.45) is 0 Å². The zero-order valence-corrected chi connectivity index (χ0v) is 14.4. The summed E-state index contributed by atoms with van der Waals surface area (Å²) >= 11 is 12.2. The number of hydrogen-bond donors (Lipinski definition) is 0. The summed E-state index contributed by atoms with van der Waals surface area (Å²) in [7, 11) is 0. The van der Waals surface area contributed by atoms with Crippen LogP contribution >= 0.6 is 23.2 Å². The fourth-order valence-electron chi connectivity index (χ4n) is 2.86. The van der Waals surface area contributed by atoms with Gasteiger partial charge in [0.2, 0.25) is 0 Å². The van der Waals surface area contributed by atoms with Crippen LogP contribution in [-0.4, -0.2) is 34.1 Å². The molecular formula is C15H14Cl2F3N3O2. The quantitative estimate of drug-likeness (QED) is 0.735. The molecule has 25 heavy (non-hydrogen) atoms. The molecule has 2 unspecified atom stereocenters. The van der Waals surface area contributed by atoms with Crippen LogP contribution in [0, 0.1) is 0 Å². The van der Waals surface area contributed by atoms with E-state index in [0.29, 0.717) is 22.0 Å². The second-order valence-corrected chi connectivity index (χ2v) is 6.54. The minimum Gasteiger partial charge on any atom is -0.339 e. The fraction of sp³-hybridized carbons (Fsp3) is 0.467. The Kier molecular flexibility index (Phi) is 5.24. The van der Waals surface area contributed by atoms with Crippen molar-refractivity contribution < 1.29 is 22.6 Å². The first-order valence-corrected chi connectivity index (χ1v) is 8.18. The number of rotatable bonds is 6. The van der Waals surface area contributed by atoms with Gasteiger partial charge in [-0.15, -0.1) is 5.10 Å². The molecule has 0 saturated carbocycles. The van der Waals surface area contributed by atoms with E-state index in [4.69, 9.17) is 27.9 Å². The average Bonchev–Trinajstić information content (AvgIpc) is 3.18. The van der Waals surface area contributed by atoms with Crippen molar-refractivity contribution in [2.45, 2.75) is 37.4 Å². The Morgan fingerprint density at radius 1 is 1.40 bits per heavy atom. The summed E-state index contributed by atoms with van der Waals surface area (Å²) < 4.78 is 50.6. The zero-order chi connectivity index (χ0) is 18.1. The van der Waals surface area contributed by atoms with Crippen LogP contribution in [-0.2, 0) is 21.6 Å². The molecule has 0 N–H and O–H groups in total. The molecule has 0 radical (unpaired) electrons. The Hall–Kier alpha value is -1.35. The molecule has 0 aliphatic carbocycles. The van der Waals surface area contributed by atoms with Crippen LogP contribution in [0.5, 0.6) is 0 Å². The average molecular weight is 396 g/mol. The summed E-state index contributed by atoms with van der Waals surface area (Å²) in [5.74, 6) is 0. The summed E-state index contributed by atoms with van der Waals surface area (Å²) in [4.78, 5) is 0. The molecule has 1 aromatic heterocycles. The second-order valence-electron chi connectivity index (χ2n) is 5.69. The molecule has 136 valence electrons. The van der Waals surface area contributed by atoms with Gasteiger partial charge in [0.15, 0.2) is 13.0 Å². The van der Waals surface area contributed by atoms with E-state index in [1.807, 2.05) is 0 Å². The van der Waals surface area contributed by atoms with Crippen molar-refractivity contribution in [1.82, 2.24) is 15.0 Å². The van der Waals surface area contributed by atoms with Crippen LogP contribution in [0.2, 0.25) is 10.0 Å². The molecule has 0 spiro atoms. The molecule has 1 aromatic carbocycles. The lowest BCUT2D eigenvalue weighted by molar-refractivity contribution is -0.325. The molecule has 3 rings (SSSR count). The summed E-state index contributed by atoms with van der Waals surface area (Å²) in [5.41, 5.74) is -0.518. The maximum absolute atomic E-state index is 13.2. The highest BCUT2D eigenvalue weighted by atomic mass is 35.5. The number of hydrogen-bond acceptors (Lipinski definition) is 4. The Bertz CT molecular complexity index is 733. The molecule has 1 aliphatic heterocycles. The normalized spacial score (nSPS) is 24.0. The maximum Gasteiger partial charge on any atom is 0.386 e. The van der Waals surface area contributed by atoms with Gasteiger partial charge in [0.25, 0.3) is 0 Å². The van der Waals surface area contributed by atoms with Crippen molar-refractivity contribution in [3.63, 3.8) is 0 Å². The Balaban J connectivity index is 1.91. The third-order valence-corrected chi connectivity index (χ3v) is 4.46. The van der Waals surface area contributed by atoms with E-state index in [1.54, 1.807) is 18.3 Å². The summed E-state index contributed by atoms with van der Waals surface area (Å²) in [6, 6.07) is 4.83. The highest BCUT2D eigenvalue weighted by Gasteiger charge is 2.47. The molecule has 1 saturated heterocycles. The van der Waals surface area contributed by atoms with Gasteiger partial charge in [-0.25, -0.2) is 9.07 Å². The van der Waals surface area contributed by atoms with E-state index in [2.05, 4.69) is 15.0 Å². The van der Waals surface area contributed by atoms with Gasteiger partial charge < -0.3 is 4.74 Å². The molecular weight excluding hydrogens is 382 g/mol. The van der Waals surface area contributed by atoms with Crippen LogP contribution in [0.15, 0.2) is 30.6 Å². The van der Waals surface area contributed by atoms with Crippen molar-refractivity contribution in [2.75, 3.05) is 6.67 Å². The van der Waals surface area contributed by atoms with E-state index in [1.165, 1.54) is 16.9 Å². The molecule has 0 bridgehead atoms. The van der Waals surface area contributed by atoms with Crippen LogP contribution in [0.25, 0.3) is 0 Å². The molecule has 0 amide bonds. The highest BCUT2D eigenvalue weighted by molar-refractivity contribution is 6.35. The fourth-order valence-corrected chi connectivity index (χ4v) is 3.45. The first-order valence-electron chi connectivity index (χ1n) is 7.43. The lowest BCUT2D eigenvalue weighted by Crippen LogP contribution is -2.35. The largest absolute Gasteiger partial charge is 0.386 e. The Morgan fingerprint density at radius 2 is 2.20 bits per heavy atom. The number of alkyl halides is 3. The minimum atomic E-state index is -3.90. The number of halogens is 5. The smallest absolute Gasteiger partial charge is 0.339 e. The van der Waals surface area contributed by atoms with Crippen LogP contribution in [0.1, 0.15) is 18.4 Å². The lowest BCUT2D eigenvalue weighted by Gasteiger charge is -2.31. The van der Waals surface area contributed by atoms with Crippen LogP contribution in [0.3, 0.4) is 0 Å². The number of benzene rings is 1. The van der Waals surface area contributed by atoms with E-state index >= 15 is 0 Å². The number of ether oxygens (including phenoxy) is 2. The first-order chi connectivity index (χ1) is 11.8. The first kappa shape index (κ1) is 18.4. The van der Waals surface area contributed by atoms with Gasteiger partial charge in [-0.3, -0.25) is 4.74 Å². The molecule has 2 aromatic rings. The minimum absolute atomic E-state index is 0.142. The van der Waals surface area contributed by atoms with Crippen molar-refractivity contribution in [1.29, 1.82) is 0 Å². The molecule has 5 nitrogen and oxygen atoms in total. The lowest BCUT2D eigenvalue weighted by atomic mass is 9.90. The van der Waals surface area contributed by atoms with Gasteiger partial charge in [-0.1, -0.05) is 34.5 Å². The van der Waals surface area contributed by atoms with Crippen LogP contribution in [0.4, 0.5) is 13.2 Å². The monoisotopic (exact) mass is 395 g/mol. The van der Waals surface area contributed by atoms with Gasteiger partial charge >= 0.3 is 6.11 Å². The molecule has 10 heteroatoms.